The first kappa shape index (κ1) is 7.53. The molecule has 0 N–H and O–H groups in total. The van der Waals surface area contributed by atoms with Crippen LogP contribution in [0.25, 0.3) is 0 Å². The zero-order valence-electron chi connectivity index (χ0n) is 7.38. The van der Waals surface area contributed by atoms with Crippen molar-refractivity contribution < 1.29 is 0 Å². The third-order valence-electron chi connectivity index (χ3n) is 2.51. The Labute approximate surface area is 73.1 Å². The van der Waals surface area contributed by atoms with Crippen LogP contribution in [0.15, 0.2) is 29.3 Å². The summed E-state index contributed by atoms with van der Waals surface area (Å²) in [7, 11) is 1.89. The van der Waals surface area contributed by atoms with Crippen molar-refractivity contribution >= 4 is 5.71 Å². The van der Waals surface area contributed by atoms with Gasteiger partial charge in [-0.3, -0.25) is 4.99 Å². The standard InChI is InChI=1S/C11H13N/c1-12-11-7-6-9-4-2-3-5-10(9)8-11/h2-5H,6-8H2,1H3/b12-11+. The van der Waals surface area contributed by atoms with Gasteiger partial charge in [0.15, 0.2) is 0 Å². The number of aliphatic imine (C=N–C) groups is 1. The molecule has 0 saturated carbocycles. The summed E-state index contributed by atoms with van der Waals surface area (Å²) in [5.41, 5.74) is 4.31. The van der Waals surface area contributed by atoms with Crippen molar-refractivity contribution in [3.63, 3.8) is 0 Å². The van der Waals surface area contributed by atoms with E-state index in [4.69, 9.17) is 0 Å². The molecule has 1 aromatic rings. The molecule has 0 spiro atoms. The van der Waals surface area contributed by atoms with Crippen LogP contribution in [0.3, 0.4) is 0 Å². The predicted molar refractivity (Wildman–Crippen MR) is 51.8 cm³/mol. The van der Waals surface area contributed by atoms with Gasteiger partial charge in [0.1, 0.15) is 0 Å². The molecule has 1 aliphatic carbocycles. The fraction of sp³-hybridized carbons (Fsp3) is 0.364. The van der Waals surface area contributed by atoms with Gasteiger partial charge in [-0.25, -0.2) is 0 Å². The van der Waals surface area contributed by atoms with Crippen molar-refractivity contribution in [2.45, 2.75) is 19.3 Å². The van der Waals surface area contributed by atoms with Gasteiger partial charge in [0, 0.05) is 19.2 Å². The molecular formula is C11H13N. The molecule has 0 aliphatic heterocycles. The Balaban J connectivity index is 2.35. The molecule has 62 valence electrons. The number of fused-ring (bicyclic) bond motifs is 1. The van der Waals surface area contributed by atoms with E-state index in [-0.39, 0.29) is 0 Å². The summed E-state index contributed by atoms with van der Waals surface area (Å²) in [6.45, 7) is 0. The van der Waals surface area contributed by atoms with Crippen LogP contribution in [-0.4, -0.2) is 12.8 Å². The van der Waals surface area contributed by atoms with E-state index in [0.717, 1.165) is 12.8 Å². The summed E-state index contributed by atoms with van der Waals surface area (Å²) in [5, 5.41) is 0. The minimum Gasteiger partial charge on any atom is -0.297 e. The molecule has 1 aromatic carbocycles. The second-order valence-electron chi connectivity index (χ2n) is 3.24. The largest absolute Gasteiger partial charge is 0.297 e. The number of hydrogen-bond acceptors (Lipinski definition) is 1. The van der Waals surface area contributed by atoms with Crippen LogP contribution < -0.4 is 0 Å². The fourth-order valence-corrected chi connectivity index (χ4v) is 1.75. The van der Waals surface area contributed by atoms with Crippen LogP contribution in [0, 0.1) is 0 Å². The molecule has 12 heavy (non-hydrogen) atoms. The molecular weight excluding hydrogens is 146 g/mol. The highest BCUT2D eigenvalue weighted by molar-refractivity contribution is 5.88. The van der Waals surface area contributed by atoms with Crippen LogP contribution in [0.1, 0.15) is 17.5 Å². The molecule has 1 heteroatoms. The monoisotopic (exact) mass is 159 g/mol. The predicted octanol–water partition coefficient (Wildman–Crippen LogP) is 2.25. The number of nitrogens with zero attached hydrogens (tertiary/aromatic N) is 1. The zero-order chi connectivity index (χ0) is 8.39. The Morgan fingerprint density at radius 3 is 2.58 bits per heavy atom. The number of rotatable bonds is 0. The van der Waals surface area contributed by atoms with Gasteiger partial charge in [0.25, 0.3) is 0 Å². The van der Waals surface area contributed by atoms with Gasteiger partial charge in [-0.05, 0) is 24.0 Å². The van der Waals surface area contributed by atoms with Crippen molar-refractivity contribution in [1.82, 2.24) is 0 Å². The smallest absolute Gasteiger partial charge is 0.0276 e. The molecule has 0 amide bonds. The van der Waals surface area contributed by atoms with Gasteiger partial charge in [0.05, 0.1) is 0 Å². The first-order valence-corrected chi connectivity index (χ1v) is 4.41. The number of aryl methyl sites for hydroxylation is 1. The molecule has 2 rings (SSSR count). The van der Waals surface area contributed by atoms with Gasteiger partial charge in [0.2, 0.25) is 0 Å². The SMILES string of the molecule is C/N=C1\CCc2ccccc2C1. The van der Waals surface area contributed by atoms with E-state index in [1.54, 1.807) is 0 Å². The lowest BCUT2D eigenvalue weighted by Gasteiger charge is -2.16. The number of benzene rings is 1. The van der Waals surface area contributed by atoms with E-state index < -0.39 is 0 Å². The molecule has 0 fully saturated rings. The van der Waals surface area contributed by atoms with Crippen LogP contribution >= 0.6 is 0 Å². The Bertz CT molecular complexity index is 313. The third-order valence-corrected chi connectivity index (χ3v) is 2.51. The molecule has 0 heterocycles. The molecule has 1 aliphatic rings. The average Bonchev–Trinajstić information content (AvgIpc) is 2.17. The van der Waals surface area contributed by atoms with Gasteiger partial charge >= 0.3 is 0 Å². The molecule has 0 aromatic heterocycles. The van der Waals surface area contributed by atoms with E-state index in [2.05, 4.69) is 29.3 Å². The Morgan fingerprint density at radius 2 is 1.83 bits per heavy atom. The molecule has 0 bridgehead atoms. The fourth-order valence-electron chi connectivity index (χ4n) is 1.75. The van der Waals surface area contributed by atoms with E-state index in [1.165, 1.54) is 23.3 Å². The molecule has 1 nitrogen and oxygen atoms in total. The Hall–Kier alpha value is -1.11. The van der Waals surface area contributed by atoms with E-state index in [0.29, 0.717) is 0 Å². The van der Waals surface area contributed by atoms with E-state index in [1.807, 2.05) is 7.05 Å². The molecule has 0 saturated heterocycles. The van der Waals surface area contributed by atoms with Gasteiger partial charge < -0.3 is 0 Å². The van der Waals surface area contributed by atoms with Crippen molar-refractivity contribution in [2.24, 2.45) is 4.99 Å². The van der Waals surface area contributed by atoms with Crippen molar-refractivity contribution in [2.75, 3.05) is 7.05 Å². The molecule has 0 atom stereocenters. The second-order valence-corrected chi connectivity index (χ2v) is 3.24. The quantitative estimate of drug-likeness (QED) is 0.550. The van der Waals surface area contributed by atoms with E-state index >= 15 is 0 Å². The topological polar surface area (TPSA) is 12.4 Å². The third kappa shape index (κ3) is 1.27. The minimum atomic E-state index is 1.06. The summed E-state index contributed by atoms with van der Waals surface area (Å²) in [6.07, 6.45) is 3.38. The van der Waals surface area contributed by atoms with E-state index in [9.17, 15) is 0 Å². The molecule has 0 radical (unpaired) electrons. The lowest BCUT2D eigenvalue weighted by atomic mass is 9.90. The van der Waals surface area contributed by atoms with Crippen LogP contribution in [0.5, 0.6) is 0 Å². The average molecular weight is 159 g/mol. The lowest BCUT2D eigenvalue weighted by Crippen LogP contribution is -2.13. The van der Waals surface area contributed by atoms with Gasteiger partial charge in [-0.1, -0.05) is 24.3 Å². The lowest BCUT2D eigenvalue weighted by molar-refractivity contribution is 0.943. The summed E-state index contributed by atoms with van der Waals surface area (Å²) in [4.78, 5) is 4.26. The maximum absolute atomic E-state index is 4.26. The number of hydrogen-bond donors (Lipinski definition) is 0. The van der Waals surface area contributed by atoms with Crippen LogP contribution in [0.2, 0.25) is 0 Å². The van der Waals surface area contributed by atoms with Gasteiger partial charge in [-0.2, -0.15) is 0 Å². The Kier molecular flexibility index (Phi) is 1.94. The zero-order valence-corrected chi connectivity index (χ0v) is 7.38. The summed E-state index contributed by atoms with van der Waals surface area (Å²) >= 11 is 0. The Morgan fingerprint density at radius 1 is 1.08 bits per heavy atom. The van der Waals surface area contributed by atoms with Crippen molar-refractivity contribution in [1.29, 1.82) is 0 Å². The van der Waals surface area contributed by atoms with Crippen LogP contribution in [-0.2, 0) is 12.8 Å². The first-order chi connectivity index (χ1) is 5.90. The van der Waals surface area contributed by atoms with Gasteiger partial charge in [-0.15, -0.1) is 0 Å². The highest BCUT2D eigenvalue weighted by atomic mass is 14.7. The maximum Gasteiger partial charge on any atom is 0.0276 e. The summed E-state index contributed by atoms with van der Waals surface area (Å²) in [6, 6.07) is 8.66. The van der Waals surface area contributed by atoms with Crippen molar-refractivity contribution in [3.8, 4) is 0 Å². The maximum atomic E-state index is 4.26. The normalized spacial score (nSPS) is 19.2. The van der Waals surface area contributed by atoms with Crippen LogP contribution in [0.4, 0.5) is 0 Å². The van der Waals surface area contributed by atoms with Crippen molar-refractivity contribution in [3.05, 3.63) is 35.4 Å². The second kappa shape index (κ2) is 3.10. The highest BCUT2D eigenvalue weighted by Gasteiger charge is 2.11. The molecule has 0 unspecified atom stereocenters. The summed E-state index contributed by atoms with van der Waals surface area (Å²) < 4.78 is 0. The highest BCUT2D eigenvalue weighted by Crippen LogP contribution is 2.18. The summed E-state index contributed by atoms with van der Waals surface area (Å²) in [5.74, 6) is 0. The first-order valence-electron chi connectivity index (χ1n) is 4.41. The minimum absolute atomic E-state index is 1.06.